The van der Waals surface area contributed by atoms with Crippen LogP contribution in [0.5, 0.6) is 0 Å². The van der Waals surface area contributed by atoms with Crippen LogP contribution >= 0.6 is 0 Å². The summed E-state index contributed by atoms with van der Waals surface area (Å²) < 4.78 is 11.3. The van der Waals surface area contributed by atoms with Crippen LogP contribution in [0.25, 0.3) is 11.0 Å². The number of amides is 1. The molecule has 28 heavy (non-hydrogen) atoms. The van der Waals surface area contributed by atoms with Gasteiger partial charge in [0.15, 0.2) is 5.76 Å². The lowest BCUT2D eigenvalue weighted by molar-refractivity contribution is 0.0621. The molecule has 2 heterocycles. The number of carbonyl (C=O) groups excluding carboxylic acids is 1. The summed E-state index contributed by atoms with van der Waals surface area (Å²) in [6, 6.07) is 23.6. The molecule has 4 heteroatoms. The standard InChI is InChI=1S/C24H23NO3/c1-18(13-14-19-8-3-2-4-9-19)25(17-21-11-7-15-27-21)24(26)23-16-20-10-5-6-12-22(20)28-23/h2-12,15-16,18H,13-14,17H2,1H3/t18-/m0/s1. The second kappa shape index (κ2) is 8.17. The van der Waals surface area contributed by atoms with Crippen LogP contribution in [0, 0.1) is 0 Å². The Morgan fingerprint density at radius 1 is 1.00 bits per heavy atom. The van der Waals surface area contributed by atoms with Gasteiger partial charge in [0.05, 0.1) is 12.8 Å². The molecule has 4 nitrogen and oxygen atoms in total. The largest absolute Gasteiger partial charge is 0.467 e. The van der Waals surface area contributed by atoms with Crippen molar-refractivity contribution in [3.8, 4) is 0 Å². The monoisotopic (exact) mass is 373 g/mol. The first kappa shape index (κ1) is 18.1. The molecule has 0 aliphatic heterocycles. The fourth-order valence-electron chi connectivity index (χ4n) is 3.40. The number of hydrogen-bond donors (Lipinski definition) is 0. The van der Waals surface area contributed by atoms with Gasteiger partial charge in [0.1, 0.15) is 11.3 Å². The SMILES string of the molecule is C[C@@H](CCc1ccccc1)N(Cc1ccco1)C(=O)c1cc2ccccc2o1. The van der Waals surface area contributed by atoms with Crippen molar-refractivity contribution >= 4 is 16.9 Å². The topological polar surface area (TPSA) is 46.6 Å². The van der Waals surface area contributed by atoms with E-state index < -0.39 is 0 Å². The predicted molar refractivity (Wildman–Crippen MR) is 109 cm³/mol. The predicted octanol–water partition coefficient (Wildman–Crippen LogP) is 5.69. The molecular formula is C24H23NO3. The zero-order chi connectivity index (χ0) is 19.3. The molecule has 0 N–H and O–H groups in total. The Kier molecular flexibility index (Phi) is 5.29. The number of benzene rings is 2. The van der Waals surface area contributed by atoms with Gasteiger partial charge in [-0.1, -0.05) is 48.5 Å². The summed E-state index contributed by atoms with van der Waals surface area (Å²) in [6.07, 6.45) is 3.40. The number of aryl methyl sites for hydroxylation is 1. The van der Waals surface area contributed by atoms with Crippen LogP contribution < -0.4 is 0 Å². The minimum absolute atomic E-state index is 0.0334. The Bertz CT molecular complexity index is 1000. The molecular weight excluding hydrogens is 350 g/mol. The lowest BCUT2D eigenvalue weighted by Crippen LogP contribution is -2.38. The van der Waals surface area contributed by atoms with E-state index in [0.29, 0.717) is 12.3 Å². The first-order valence-corrected chi connectivity index (χ1v) is 9.56. The fraction of sp³-hybridized carbons (Fsp3) is 0.208. The van der Waals surface area contributed by atoms with Crippen molar-refractivity contribution in [2.24, 2.45) is 0 Å². The molecule has 4 aromatic rings. The summed E-state index contributed by atoms with van der Waals surface area (Å²) in [5, 5.41) is 0.931. The highest BCUT2D eigenvalue weighted by atomic mass is 16.3. The molecule has 0 radical (unpaired) electrons. The number of fused-ring (bicyclic) bond motifs is 1. The van der Waals surface area contributed by atoms with E-state index in [4.69, 9.17) is 8.83 Å². The summed E-state index contributed by atoms with van der Waals surface area (Å²) in [6.45, 7) is 2.49. The van der Waals surface area contributed by atoms with Crippen LogP contribution in [0.4, 0.5) is 0 Å². The highest BCUT2D eigenvalue weighted by Gasteiger charge is 2.25. The van der Waals surface area contributed by atoms with Gasteiger partial charge in [-0.3, -0.25) is 4.79 Å². The van der Waals surface area contributed by atoms with Crippen LogP contribution in [-0.2, 0) is 13.0 Å². The molecule has 0 bridgehead atoms. The number of nitrogens with zero attached hydrogens (tertiary/aromatic N) is 1. The van der Waals surface area contributed by atoms with Crippen molar-refractivity contribution in [1.82, 2.24) is 4.90 Å². The minimum Gasteiger partial charge on any atom is -0.467 e. The number of hydrogen-bond acceptors (Lipinski definition) is 3. The first-order chi connectivity index (χ1) is 13.7. The van der Waals surface area contributed by atoms with E-state index in [9.17, 15) is 4.79 Å². The number of carbonyl (C=O) groups is 1. The van der Waals surface area contributed by atoms with Gasteiger partial charge in [-0.15, -0.1) is 0 Å². The zero-order valence-corrected chi connectivity index (χ0v) is 15.9. The van der Waals surface area contributed by atoms with Gasteiger partial charge in [-0.25, -0.2) is 0 Å². The quantitative estimate of drug-likeness (QED) is 0.418. The third kappa shape index (κ3) is 4.01. The summed E-state index contributed by atoms with van der Waals surface area (Å²) in [5.41, 5.74) is 1.99. The van der Waals surface area contributed by atoms with Crippen molar-refractivity contribution in [3.05, 3.63) is 96.1 Å². The van der Waals surface area contributed by atoms with Gasteiger partial charge >= 0.3 is 0 Å². The summed E-state index contributed by atoms with van der Waals surface area (Å²) >= 11 is 0. The van der Waals surface area contributed by atoms with Crippen LogP contribution in [0.15, 0.2) is 87.9 Å². The van der Waals surface area contributed by atoms with Crippen LogP contribution in [0.2, 0.25) is 0 Å². The minimum atomic E-state index is -0.117. The molecule has 0 saturated carbocycles. The van der Waals surface area contributed by atoms with Crippen molar-refractivity contribution in [2.75, 3.05) is 0 Å². The first-order valence-electron chi connectivity index (χ1n) is 9.56. The maximum Gasteiger partial charge on any atom is 0.290 e. The Morgan fingerprint density at radius 2 is 1.79 bits per heavy atom. The van der Waals surface area contributed by atoms with Gasteiger partial charge in [0, 0.05) is 11.4 Å². The number of furan rings is 2. The average molecular weight is 373 g/mol. The third-order valence-corrected chi connectivity index (χ3v) is 5.03. The summed E-state index contributed by atoms with van der Waals surface area (Å²) in [7, 11) is 0. The van der Waals surface area contributed by atoms with E-state index in [2.05, 4.69) is 19.1 Å². The van der Waals surface area contributed by atoms with Crippen LogP contribution in [-0.4, -0.2) is 16.8 Å². The molecule has 0 unspecified atom stereocenters. The van der Waals surface area contributed by atoms with E-state index in [1.54, 1.807) is 6.26 Å². The van der Waals surface area contributed by atoms with Gasteiger partial charge in [-0.05, 0) is 49.6 Å². The lowest BCUT2D eigenvalue weighted by Gasteiger charge is -2.28. The van der Waals surface area contributed by atoms with Gasteiger partial charge in [0.2, 0.25) is 0 Å². The molecule has 142 valence electrons. The normalized spacial score (nSPS) is 12.2. The van der Waals surface area contributed by atoms with E-state index >= 15 is 0 Å². The molecule has 2 aromatic carbocycles. The highest BCUT2D eigenvalue weighted by molar-refractivity contribution is 5.96. The Balaban J connectivity index is 1.55. The second-order valence-electron chi connectivity index (χ2n) is 7.03. The zero-order valence-electron chi connectivity index (χ0n) is 15.9. The van der Waals surface area contributed by atoms with E-state index in [-0.39, 0.29) is 11.9 Å². The Morgan fingerprint density at radius 3 is 2.54 bits per heavy atom. The molecule has 1 atom stereocenters. The Labute approximate surface area is 164 Å². The van der Waals surface area contributed by atoms with E-state index in [1.165, 1.54) is 5.56 Å². The molecule has 0 spiro atoms. The summed E-state index contributed by atoms with van der Waals surface area (Å²) in [4.78, 5) is 15.1. The molecule has 0 saturated heterocycles. The van der Waals surface area contributed by atoms with Crippen molar-refractivity contribution in [3.63, 3.8) is 0 Å². The van der Waals surface area contributed by atoms with Crippen LogP contribution in [0.3, 0.4) is 0 Å². The fourth-order valence-corrected chi connectivity index (χ4v) is 3.40. The van der Waals surface area contributed by atoms with E-state index in [0.717, 1.165) is 29.6 Å². The maximum atomic E-state index is 13.3. The molecule has 4 rings (SSSR count). The van der Waals surface area contributed by atoms with E-state index in [1.807, 2.05) is 65.6 Å². The molecule has 0 aliphatic rings. The summed E-state index contributed by atoms with van der Waals surface area (Å²) in [5.74, 6) is 1.00. The van der Waals surface area contributed by atoms with Crippen molar-refractivity contribution < 1.29 is 13.6 Å². The number of rotatable bonds is 7. The molecule has 1 amide bonds. The molecule has 0 aliphatic carbocycles. The van der Waals surface area contributed by atoms with Gasteiger partial charge < -0.3 is 13.7 Å². The molecule has 2 aromatic heterocycles. The van der Waals surface area contributed by atoms with Gasteiger partial charge in [-0.2, -0.15) is 0 Å². The third-order valence-electron chi connectivity index (χ3n) is 5.03. The maximum absolute atomic E-state index is 13.3. The van der Waals surface area contributed by atoms with Crippen molar-refractivity contribution in [2.45, 2.75) is 32.4 Å². The Hall–Kier alpha value is -3.27. The number of para-hydroxylation sites is 1. The smallest absolute Gasteiger partial charge is 0.290 e. The van der Waals surface area contributed by atoms with Crippen molar-refractivity contribution in [1.29, 1.82) is 0 Å². The average Bonchev–Trinajstić information content (AvgIpc) is 3.40. The lowest BCUT2D eigenvalue weighted by atomic mass is 10.0. The molecule has 0 fully saturated rings. The second-order valence-corrected chi connectivity index (χ2v) is 7.03. The van der Waals surface area contributed by atoms with Crippen LogP contribution in [0.1, 0.15) is 35.2 Å². The highest BCUT2D eigenvalue weighted by Crippen LogP contribution is 2.23. The van der Waals surface area contributed by atoms with Gasteiger partial charge in [0.25, 0.3) is 5.91 Å².